The van der Waals surface area contributed by atoms with Crippen molar-refractivity contribution in [1.82, 2.24) is 5.32 Å². The molecule has 0 saturated carbocycles. The van der Waals surface area contributed by atoms with Crippen LogP contribution >= 0.6 is 12.2 Å². The van der Waals surface area contributed by atoms with Crippen molar-refractivity contribution in [3.8, 4) is 11.5 Å². The van der Waals surface area contributed by atoms with Crippen LogP contribution in [0.2, 0.25) is 0 Å². The van der Waals surface area contributed by atoms with Crippen LogP contribution in [0.4, 0.5) is 5.69 Å². The van der Waals surface area contributed by atoms with Crippen LogP contribution in [-0.4, -0.2) is 18.8 Å². The first kappa shape index (κ1) is 18.3. The number of methoxy groups -OCH3 is 1. The van der Waals surface area contributed by atoms with Gasteiger partial charge in [-0.15, -0.1) is 0 Å². The van der Waals surface area contributed by atoms with Crippen molar-refractivity contribution in [2.75, 3.05) is 19.0 Å². The minimum atomic E-state index is 0.213. The van der Waals surface area contributed by atoms with Crippen LogP contribution in [0.1, 0.15) is 30.0 Å². The third-order valence-electron chi connectivity index (χ3n) is 4.43. The molecule has 0 aromatic heterocycles. The average molecular weight is 369 g/mol. The van der Waals surface area contributed by atoms with Gasteiger partial charge in [0.15, 0.2) is 5.11 Å². The van der Waals surface area contributed by atoms with Gasteiger partial charge in [-0.1, -0.05) is 24.8 Å². The molecular formula is C21H24N2O2S. The van der Waals surface area contributed by atoms with Gasteiger partial charge in [-0.3, -0.25) is 0 Å². The lowest BCUT2D eigenvalue weighted by Crippen LogP contribution is -2.34. The van der Waals surface area contributed by atoms with Crippen LogP contribution in [0.5, 0.6) is 11.5 Å². The van der Waals surface area contributed by atoms with E-state index in [1.165, 1.54) is 11.1 Å². The summed E-state index contributed by atoms with van der Waals surface area (Å²) in [5, 5.41) is 7.31. The van der Waals surface area contributed by atoms with E-state index >= 15 is 0 Å². The van der Waals surface area contributed by atoms with E-state index in [0.717, 1.165) is 36.4 Å². The Bertz CT molecular complexity index is 791. The van der Waals surface area contributed by atoms with E-state index in [1.807, 2.05) is 30.3 Å². The summed E-state index contributed by atoms with van der Waals surface area (Å²) in [6.07, 6.45) is 4.99. The smallest absolute Gasteiger partial charge is 0.171 e. The first-order valence-corrected chi connectivity index (χ1v) is 9.18. The van der Waals surface area contributed by atoms with E-state index < -0.39 is 0 Å². The van der Waals surface area contributed by atoms with Gasteiger partial charge in [0.25, 0.3) is 0 Å². The third-order valence-corrected chi connectivity index (χ3v) is 4.65. The van der Waals surface area contributed by atoms with Crippen molar-refractivity contribution >= 4 is 23.0 Å². The van der Waals surface area contributed by atoms with Crippen molar-refractivity contribution in [1.29, 1.82) is 0 Å². The maximum atomic E-state index is 5.56. The predicted octanol–water partition coefficient (Wildman–Crippen LogP) is 4.62. The monoisotopic (exact) mass is 368 g/mol. The molecule has 26 heavy (non-hydrogen) atoms. The fourth-order valence-corrected chi connectivity index (χ4v) is 3.47. The van der Waals surface area contributed by atoms with Gasteiger partial charge in [-0.2, -0.15) is 0 Å². The fourth-order valence-electron chi connectivity index (χ4n) is 3.21. The Balaban J connectivity index is 1.65. The number of fused-ring (bicyclic) bond motifs is 1. The number of thiocarbonyl (C=S) groups is 1. The number of nitrogens with one attached hydrogen (secondary N) is 2. The number of ether oxygens (including phenoxy) is 2. The summed E-state index contributed by atoms with van der Waals surface area (Å²) in [6, 6.07) is 14.2. The number of anilines is 1. The van der Waals surface area contributed by atoms with Gasteiger partial charge in [0.05, 0.1) is 13.2 Å². The number of rotatable bonds is 6. The zero-order valence-corrected chi connectivity index (χ0v) is 15.8. The Morgan fingerprint density at radius 1 is 1.27 bits per heavy atom. The highest BCUT2D eigenvalue weighted by molar-refractivity contribution is 7.80. The Labute approximate surface area is 160 Å². The standard InChI is InChI=1S/C21H24N2O2S/c1-3-12-25-18-8-5-7-16(14-18)22-21(26)23-20-9-4-6-15-13-17(24-2)10-11-19(15)20/h3,5,7-8,10-11,13-14,20H,1,4,6,9,12H2,2H3,(H2,22,23,26)/t20-/m0/s1. The molecule has 0 aliphatic heterocycles. The predicted molar refractivity (Wildman–Crippen MR) is 110 cm³/mol. The normalized spacial score (nSPS) is 15.5. The molecule has 0 spiro atoms. The van der Waals surface area contributed by atoms with E-state index in [1.54, 1.807) is 13.2 Å². The number of hydrogen-bond acceptors (Lipinski definition) is 3. The lowest BCUT2D eigenvalue weighted by Gasteiger charge is -2.28. The maximum absolute atomic E-state index is 5.56. The van der Waals surface area contributed by atoms with Crippen LogP contribution in [0, 0.1) is 0 Å². The second kappa shape index (κ2) is 8.72. The van der Waals surface area contributed by atoms with Gasteiger partial charge in [0, 0.05) is 11.8 Å². The molecule has 1 atom stereocenters. The van der Waals surface area contributed by atoms with Gasteiger partial charge in [0.1, 0.15) is 18.1 Å². The van der Waals surface area contributed by atoms with Crippen molar-refractivity contribution in [2.45, 2.75) is 25.3 Å². The maximum Gasteiger partial charge on any atom is 0.171 e. The average Bonchev–Trinajstić information content (AvgIpc) is 2.66. The molecular weight excluding hydrogens is 344 g/mol. The number of benzene rings is 2. The zero-order valence-electron chi connectivity index (χ0n) is 15.0. The van der Waals surface area contributed by atoms with Gasteiger partial charge in [0.2, 0.25) is 0 Å². The van der Waals surface area contributed by atoms with Crippen LogP contribution in [0.3, 0.4) is 0 Å². The molecule has 0 amide bonds. The molecule has 0 bridgehead atoms. The summed E-state index contributed by atoms with van der Waals surface area (Å²) in [5.41, 5.74) is 3.52. The minimum Gasteiger partial charge on any atom is -0.497 e. The zero-order chi connectivity index (χ0) is 18.4. The molecule has 0 fully saturated rings. The van der Waals surface area contributed by atoms with E-state index in [-0.39, 0.29) is 6.04 Å². The quantitative estimate of drug-likeness (QED) is 0.575. The second-order valence-electron chi connectivity index (χ2n) is 6.24. The molecule has 0 unspecified atom stereocenters. The van der Waals surface area contributed by atoms with Gasteiger partial charge >= 0.3 is 0 Å². The van der Waals surface area contributed by atoms with E-state index in [2.05, 4.69) is 29.3 Å². The van der Waals surface area contributed by atoms with E-state index in [0.29, 0.717) is 11.7 Å². The molecule has 4 nitrogen and oxygen atoms in total. The van der Waals surface area contributed by atoms with Crippen LogP contribution < -0.4 is 20.1 Å². The Hall–Kier alpha value is -2.53. The summed E-state index contributed by atoms with van der Waals surface area (Å²) < 4.78 is 10.9. The molecule has 1 aliphatic rings. The molecule has 5 heteroatoms. The highest BCUT2D eigenvalue weighted by Gasteiger charge is 2.21. The van der Waals surface area contributed by atoms with Crippen LogP contribution in [0.25, 0.3) is 0 Å². The highest BCUT2D eigenvalue weighted by Crippen LogP contribution is 2.32. The van der Waals surface area contributed by atoms with Crippen LogP contribution in [-0.2, 0) is 6.42 Å². The van der Waals surface area contributed by atoms with Crippen molar-refractivity contribution in [2.24, 2.45) is 0 Å². The second-order valence-corrected chi connectivity index (χ2v) is 6.64. The van der Waals surface area contributed by atoms with E-state index in [9.17, 15) is 0 Å². The van der Waals surface area contributed by atoms with E-state index in [4.69, 9.17) is 21.7 Å². The fraction of sp³-hybridized carbons (Fsp3) is 0.286. The lowest BCUT2D eigenvalue weighted by atomic mass is 9.87. The third kappa shape index (κ3) is 4.55. The summed E-state index contributed by atoms with van der Waals surface area (Å²) in [5.74, 6) is 1.69. The van der Waals surface area contributed by atoms with Gasteiger partial charge in [-0.05, 0) is 66.9 Å². The Morgan fingerprint density at radius 3 is 2.96 bits per heavy atom. The van der Waals surface area contributed by atoms with Crippen molar-refractivity contribution in [3.63, 3.8) is 0 Å². The Kier molecular flexibility index (Phi) is 6.12. The number of aryl methyl sites for hydroxylation is 1. The summed E-state index contributed by atoms with van der Waals surface area (Å²) in [4.78, 5) is 0. The first-order valence-electron chi connectivity index (χ1n) is 8.77. The summed E-state index contributed by atoms with van der Waals surface area (Å²) in [6.45, 7) is 4.14. The van der Waals surface area contributed by atoms with Crippen LogP contribution in [0.15, 0.2) is 55.1 Å². The molecule has 0 heterocycles. The van der Waals surface area contributed by atoms with Crippen molar-refractivity contribution < 1.29 is 9.47 Å². The molecule has 3 rings (SSSR count). The minimum absolute atomic E-state index is 0.213. The molecule has 2 aromatic carbocycles. The molecule has 136 valence electrons. The molecule has 0 radical (unpaired) electrons. The summed E-state index contributed by atoms with van der Waals surface area (Å²) >= 11 is 5.52. The lowest BCUT2D eigenvalue weighted by molar-refractivity contribution is 0.363. The molecule has 2 N–H and O–H groups in total. The molecule has 2 aromatic rings. The van der Waals surface area contributed by atoms with Gasteiger partial charge < -0.3 is 20.1 Å². The first-order chi connectivity index (χ1) is 12.7. The largest absolute Gasteiger partial charge is 0.497 e. The summed E-state index contributed by atoms with van der Waals surface area (Å²) in [7, 11) is 1.70. The van der Waals surface area contributed by atoms with Crippen molar-refractivity contribution in [3.05, 3.63) is 66.2 Å². The highest BCUT2D eigenvalue weighted by atomic mass is 32.1. The number of hydrogen-bond donors (Lipinski definition) is 2. The van der Waals surface area contributed by atoms with Gasteiger partial charge in [-0.25, -0.2) is 0 Å². The Morgan fingerprint density at radius 2 is 2.15 bits per heavy atom. The molecule has 1 aliphatic carbocycles. The SMILES string of the molecule is C=CCOc1cccc(NC(=S)N[C@H]2CCCc3cc(OC)ccc32)c1. The molecule has 0 saturated heterocycles. The topological polar surface area (TPSA) is 42.5 Å².